The number of carbonyl (C=O) groups is 3. The number of hydrogen-bond acceptors (Lipinski definition) is 3. The Morgan fingerprint density at radius 1 is 1.55 bits per heavy atom. The highest BCUT2D eigenvalue weighted by molar-refractivity contribution is 6.18. The average molecular weight is 325 g/mol. The van der Waals surface area contributed by atoms with Crippen molar-refractivity contribution in [2.24, 2.45) is 17.8 Å². The third-order valence-electron chi connectivity index (χ3n) is 5.56. The quantitative estimate of drug-likeness (QED) is 0.356. The van der Waals surface area contributed by atoms with Crippen molar-refractivity contribution in [1.82, 2.24) is 10.2 Å². The van der Waals surface area contributed by atoms with E-state index in [1.54, 1.807) is 7.05 Å². The van der Waals surface area contributed by atoms with E-state index >= 15 is 0 Å². The summed E-state index contributed by atoms with van der Waals surface area (Å²) in [5.41, 5.74) is -1.03. The number of fused-ring (bicyclic) bond motifs is 1. The monoisotopic (exact) mass is 324 g/mol. The van der Waals surface area contributed by atoms with Gasteiger partial charge in [-0.1, -0.05) is 12.2 Å². The Hall–Kier alpha value is -1.36. The second-order valence-electron chi connectivity index (χ2n) is 6.44. The van der Waals surface area contributed by atoms with Crippen LogP contribution in [0, 0.1) is 17.8 Å². The van der Waals surface area contributed by atoms with Crippen LogP contribution in [0.5, 0.6) is 0 Å². The smallest absolute Gasteiger partial charge is 0.249 e. The number of likely N-dealkylation sites (tertiary alicyclic amines) is 1. The van der Waals surface area contributed by atoms with Crippen LogP contribution in [0.15, 0.2) is 12.2 Å². The molecule has 1 unspecified atom stereocenters. The molecule has 0 bridgehead atoms. The predicted molar refractivity (Wildman–Crippen MR) is 82.3 cm³/mol. The van der Waals surface area contributed by atoms with Crippen LogP contribution in [0.4, 0.5) is 0 Å². The Balaban J connectivity index is 1.99. The summed E-state index contributed by atoms with van der Waals surface area (Å²) in [5, 5.41) is 2.85. The van der Waals surface area contributed by atoms with Gasteiger partial charge in [-0.3, -0.25) is 9.59 Å². The van der Waals surface area contributed by atoms with Crippen LogP contribution in [0.2, 0.25) is 0 Å². The second kappa shape index (κ2) is 5.69. The van der Waals surface area contributed by atoms with Gasteiger partial charge in [-0.15, -0.1) is 11.6 Å². The Labute approximate surface area is 135 Å². The van der Waals surface area contributed by atoms with Crippen molar-refractivity contribution in [2.75, 3.05) is 12.9 Å². The molecule has 5 atom stereocenters. The third-order valence-corrected chi connectivity index (χ3v) is 5.78. The van der Waals surface area contributed by atoms with Gasteiger partial charge in [-0.2, -0.15) is 0 Å². The molecule has 0 aromatic rings. The number of alkyl halides is 1. The van der Waals surface area contributed by atoms with E-state index < -0.39 is 11.5 Å². The first-order valence-electron chi connectivity index (χ1n) is 7.85. The van der Waals surface area contributed by atoms with E-state index in [4.69, 9.17) is 11.6 Å². The number of allylic oxidation sites excluding steroid dienone is 2. The maximum absolute atomic E-state index is 12.6. The molecule has 0 aromatic heterocycles. The summed E-state index contributed by atoms with van der Waals surface area (Å²) in [6.45, 7) is 0. The van der Waals surface area contributed by atoms with Crippen molar-refractivity contribution < 1.29 is 14.4 Å². The molecule has 2 saturated heterocycles. The van der Waals surface area contributed by atoms with Crippen LogP contribution < -0.4 is 5.32 Å². The van der Waals surface area contributed by atoms with E-state index in [1.807, 2.05) is 6.08 Å². The van der Waals surface area contributed by atoms with Crippen LogP contribution in [-0.4, -0.2) is 47.5 Å². The molecule has 1 aliphatic carbocycles. The maximum Gasteiger partial charge on any atom is 0.249 e. The van der Waals surface area contributed by atoms with Crippen LogP contribution in [0.1, 0.15) is 25.7 Å². The first-order chi connectivity index (χ1) is 10.6. The number of aldehydes is 1. The molecule has 1 N–H and O–H groups in total. The number of carbonyl (C=O) groups excluding carboxylic acids is 3. The summed E-state index contributed by atoms with van der Waals surface area (Å²) >= 11 is 5.81. The maximum atomic E-state index is 12.6. The van der Waals surface area contributed by atoms with Gasteiger partial charge in [-0.25, -0.2) is 0 Å². The van der Waals surface area contributed by atoms with Crippen LogP contribution in [-0.2, 0) is 14.4 Å². The normalized spacial score (nSPS) is 38.3. The number of rotatable bonds is 5. The predicted octanol–water partition coefficient (Wildman–Crippen LogP) is 1.11. The number of likely N-dealkylation sites (N-methyl/N-ethyl adjacent to an activating group) is 1. The Morgan fingerprint density at radius 3 is 2.86 bits per heavy atom. The number of halogens is 1. The van der Waals surface area contributed by atoms with E-state index in [0.717, 1.165) is 25.5 Å². The summed E-state index contributed by atoms with van der Waals surface area (Å²) in [7, 11) is 1.64. The molecular weight excluding hydrogens is 304 g/mol. The fourth-order valence-electron chi connectivity index (χ4n) is 4.43. The molecule has 5 nitrogen and oxygen atoms in total. The standard InChI is InChI=1S/C16H21ClN2O3/c1-19-14(21)11(7-8-17)13-16(19,15(22)18-13)12(9-20)10-5-3-2-4-6-10/h3,5,9-13H,2,4,6-8H2,1H3,(H,18,22)/t10-,11?,12+,13+,16-/m1/s1. The Bertz CT molecular complexity index is 535. The van der Waals surface area contributed by atoms with Crippen LogP contribution in [0.3, 0.4) is 0 Å². The molecule has 120 valence electrons. The molecule has 0 spiro atoms. The molecule has 2 aliphatic heterocycles. The van der Waals surface area contributed by atoms with Crippen molar-refractivity contribution in [2.45, 2.75) is 37.3 Å². The van der Waals surface area contributed by atoms with Gasteiger partial charge in [0.1, 0.15) is 6.29 Å². The van der Waals surface area contributed by atoms with Gasteiger partial charge in [-0.05, 0) is 31.6 Å². The number of nitrogens with zero attached hydrogens (tertiary/aromatic N) is 1. The van der Waals surface area contributed by atoms with Gasteiger partial charge in [0.25, 0.3) is 0 Å². The van der Waals surface area contributed by atoms with Crippen LogP contribution in [0.25, 0.3) is 0 Å². The Kier molecular flexibility index (Phi) is 4.02. The number of amides is 2. The van der Waals surface area contributed by atoms with Gasteiger partial charge in [0.05, 0.1) is 17.9 Å². The largest absolute Gasteiger partial charge is 0.347 e. The minimum atomic E-state index is -1.03. The lowest BCUT2D eigenvalue weighted by Crippen LogP contribution is -2.79. The van der Waals surface area contributed by atoms with E-state index in [1.165, 1.54) is 4.90 Å². The highest BCUT2D eigenvalue weighted by Gasteiger charge is 2.72. The highest BCUT2D eigenvalue weighted by atomic mass is 35.5. The fourth-order valence-corrected chi connectivity index (χ4v) is 4.67. The van der Waals surface area contributed by atoms with Crippen molar-refractivity contribution in [1.29, 1.82) is 0 Å². The fraction of sp³-hybridized carbons (Fsp3) is 0.688. The lowest BCUT2D eigenvalue weighted by Gasteiger charge is -2.52. The van der Waals surface area contributed by atoms with Gasteiger partial charge in [0.2, 0.25) is 11.8 Å². The molecule has 0 radical (unpaired) electrons. The van der Waals surface area contributed by atoms with E-state index in [0.29, 0.717) is 12.3 Å². The minimum absolute atomic E-state index is 0.0183. The zero-order valence-corrected chi connectivity index (χ0v) is 13.4. The molecule has 2 heterocycles. The van der Waals surface area contributed by atoms with Gasteiger partial charge in [0.15, 0.2) is 5.54 Å². The van der Waals surface area contributed by atoms with E-state index in [9.17, 15) is 14.4 Å². The third kappa shape index (κ3) is 1.87. The Morgan fingerprint density at radius 2 is 2.32 bits per heavy atom. The lowest BCUT2D eigenvalue weighted by atomic mass is 9.64. The summed E-state index contributed by atoms with van der Waals surface area (Å²) in [6.07, 6.45) is 8.39. The zero-order valence-electron chi connectivity index (χ0n) is 12.6. The van der Waals surface area contributed by atoms with Gasteiger partial charge < -0.3 is 15.0 Å². The second-order valence-corrected chi connectivity index (χ2v) is 6.82. The van der Waals surface area contributed by atoms with Gasteiger partial charge in [0, 0.05) is 12.9 Å². The van der Waals surface area contributed by atoms with Crippen LogP contribution >= 0.6 is 11.6 Å². The molecule has 0 aromatic carbocycles. The first-order valence-corrected chi connectivity index (χ1v) is 8.39. The van der Waals surface area contributed by atoms with E-state index in [-0.39, 0.29) is 29.7 Å². The molecule has 22 heavy (non-hydrogen) atoms. The summed E-state index contributed by atoms with van der Waals surface area (Å²) < 4.78 is 0. The highest BCUT2D eigenvalue weighted by Crippen LogP contribution is 2.49. The number of β-lactam (4-membered cyclic amide) rings is 1. The van der Waals surface area contributed by atoms with Gasteiger partial charge >= 0.3 is 0 Å². The molecule has 2 amide bonds. The molecule has 2 fully saturated rings. The molecular formula is C16H21ClN2O3. The summed E-state index contributed by atoms with van der Waals surface area (Å²) in [6, 6.07) is -0.304. The van der Waals surface area contributed by atoms with E-state index in [2.05, 4.69) is 11.4 Å². The van der Waals surface area contributed by atoms with Crippen molar-refractivity contribution in [3.05, 3.63) is 12.2 Å². The molecule has 0 saturated carbocycles. The SMILES string of the molecule is CN1C(=O)C(CCCl)[C@@H]2NC(=O)[C@@]21[C@@H](C=O)[C@@H]1C=CCCC1. The minimum Gasteiger partial charge on any atom is -0.347 e. The zero-order chi connectivity index (χ0) is 15.9. The van der Waals surface area contributed by atoms with Crippen molar-refractivity contribution in [3.8, 4) is 0 Å². The molecule has 3 rings (SSSR count). The average Bonchev–Trinajstić information content (AvgIpc) is 2.69. The van der Waals surface area contributed by atoms with Crippen molar-refractivity contribution >= 4 is 29.7 Å². The van der Waals surface area contributed by atoms with Crippen molar-refractivity contribution in [3.63, 3.8) is 0 Å². The number of nitrogens with one attached hydrogen (secondary N) is 1. The topological polar surface area (TPSA) is 66.5 Å². The lowest BCUT2D eigenvalue weighted by molar-refractivity contribution is -0.157. The number of hydrogen-bond donors (Lipinski definition) is 1. The summed E-state index contributed by atoms with van der Waals surface area (Å²) in [4.78, 5) is 38.4. The first kappa shape index (κ1) is 15.5. The molecule has 3 aliphatic rings. The molecule has 6 heteroatoms. The summed E-state index contributed by atoms with van der Waals surface area (Å²) in [5.74, 6) is -0.726.